The quantitative estimate of drug-likeness (QED) is 0.751. The highest BCUT2D eigenvalue weighted by Gasteiger charge is 2.34. The number of carbonyl (C=O) groups is 1. The summed E-state index contributed by atoms with van der Waals surface area (Å²) in [6.07, 6.45) is 0. The Morgan fingerprint density at radius 1 is 1.07 bits per heavy atom. The van der Waals surface area contributed by atoms with Crippen LogP contribution in [-0.4, -0.2) is 37.3 Å². The van der Waals surface area contributed by atoms with Gasteiger partial charge < -0.3 is 14.4 Å². The summed E-state index contributed by atoms with van der Waals surface area (Å²) in [6.45, 7) is 7.24. The van der Waals surface area contributed by atoms with Crippen LogP contribution in [0.4, 0.5) is 0 Å². The van der Waals surface area contributed by atoms with Crippen molar-refractivity contribution < 1.29 is 14.3 Å². The van der Waals surface area contributed by atoms with Gasteiger partial charge in [-0.05, 0) is 29.2 Å². The predicted octanol–water partition coefficient (Wildman–Crippen LogP) is 4.89. The lowest BCUT2D eigenvalue weighted by Gasteiger charge is -2.26. The molecule has 0 unspecified atom stereocenters. The molecule has 2 aromatic carbocycles. The van der Waals surface area contributed by atoms with E-state index in [1.807, 2.05) is 35.2 Å². The van der Waals surface area contributed by atoms with E-state index in [0.29, 0.717) is 11.5 Å². The molecule has 1 atom stereocenters. The Morgan fingerprint density at radius 2 is 1.78 bits per heavy atom. The number of methoxy groups -OCH3 is 2. The Balaban J connectivity index is 1.90. The van der Waals surface area contributed by atoms with Crippen molar-refractivity contribution >= 4 is 17.7 Å². The summed E-state index contributed by atoms with van der Waals surface area (Å²) in [5, 5.41) is -0.0788. The van der Waals surface area contributed by atoms with Gasteiger partial charge in [0.25, 0.3) is 5.91 Å². The van der Waals surface area contributed by atoms with Gasteiger partial charge in [-0.15, -0.1) is 11.8 Å². The minimum Gasteiger partial charge on any atom is -0.493 e. The number of rotatable bonds is 4. The molecule has 5 heteroatoms. The molecule has 0 aromatic heterocycles. The number of amides is 1. The van der Waals surface area contributed by atoms with Crippen LogP contribution in [0.15, 0.2) is 42.5 Å². The topological polar surface area (TPSA) is 38.8 Å². The van der Waals surface area contributed by atoms with E-state index in [1.54, 1.807) is 26.0 Å². The van der Waals surface area contributed by atoms with E-state index < -0.39 is 0 Å². The molecule has 3 rings (SSSR count). The van der Waals surface area contributed by atoms with Crippen molar-refractivity contribution in [3.63, 3.8) is 0 Å². The van der Waals surface area contributed by atoms with Crippen LogP contribution in [0.1, 0.15) is 47.6 Å². The molecule has 0 saturated carbocycles. The van der Waals surface area contributed by atoms with Crippen LogP contribution in [0.5, 0.6) is 11.5 Å². The van der Waals surface area contributed by atoms with Crippen molar-refractivity contribution in [3.8, 4) is 11.5 Å². The van der Waals surface area contributed by atoms with E-state index in [-0.39, 0.29) is 16.7 Å². The van der Waals surface area contributed by atoms with Gasteiger partial charge >= 0.3 is 0 Å². The molecule has 1 fully saturated rings. The van der Waals surface area contributed by atoms with E-state index in [2.05, 4.69) is 32.9 Å². The number of carbonyl (C=O) groups excluding carboxylic acids is 1. The summed E-state index contributed by atoms with van der Waals surface area (Å²) < 4.78 is 11.0. The van der Waals surface area contributed by atoms with Crippen molar-refractivity contribution in [2.45, 2.75) is 31.6 Å². The number of nitrogens with zero attached hydrogens (tertiary/aromatic N) is 1. The lowest BCUT2D eigenvalue weighted by atomic mass is 9.86. The molecule has 4 nitrogen and oxygen atoms in total. The highest BCUT2D eigenvalue weighted by Crippen LogP contribution is 2.45. The Morgan fingerprint density at radius 3 is 2.37 bits per heavy atom. The van der Waals surface area contributed by atoms with Crippen molar-refractivity contribution in [1.82, 2.24) is 4.90 Å². The summed E-state index contributed by atoms with van der Waals surface area (Å²) in [5.41, 5.74) is 2.99. The first kappa shape index (κ1) is 19.6. The maximum atomic E-state index is 13.2. The first-order valence-electron chi connectivity index (χ1n) is 9.11. The van der Waals surface area contributed by atoms with Gasteiger partial charge in [0.2, 0.25) is 0 Å². The van der Waals surface area contributed by atoms with Gasteiger partial charge in [0.05, 0.1) is 14.2 Å². The number of para-hydroxylation sites is 1. The molecule has 1 aliphatic rings. The fourth-order valence-electron chi connectivity index (χ4n) is 3.32. The summed E-state index contributed by atoms with van der Waals surface area (Å²) in [7, 11) is 3.27. The Bertz CT molecular complexity index is 811. The minimum atomic E-state index is -0.0788. The van der Waals surface area contributed by atoms with E-state index in [0.717, 1.165) is 23.4 Å². The second-order valence-electron chi connectivity index (χ2n) is 7.63. The van der Waals surface area contributed by atoms with Crippen molar-refractivity contribution in [1.29, 1.82) is 0 Å². The summed E-state index contributed by atoms with van der Waals surface area (Å²) in [6, 6.07) is 13.8. The largest absolute Gasteiger partial charge is 0.493 e. The first-order valence-corrected chi connectivity index (χ1v) is 10.2. The third-order valence-corrected chi connectivity index (χ3v) is 6.09. The highest BCUT2D eigenvalue weighted by atomic mass is 32.2. The molecule has 1 aliphatic heterocycles. The van der Waals surface area contributed by atoms with Crippen LogP contribution < -0.4 is 9.47 Å². The second-order valence-corrected chi connectivity index (χ2v) is 8.82. The molecule has 144 valence electrons. The Labute approximate surface area is 165 Å². The molecule has 27 heavy (non-hydrogen) atoms. The Hall–Kier alpha value is -2.14. The summed E-state index contributed by atoms with van der Waals surface area (Å²) in [5.74, 6) is 2.33. The van der Waals surface area contributed by atoms with Crippen LogP contribution in [0.25, 0.3) is 0 Å². The van der Waals surface area contributed by atoms with E-state index in [1.165, 1.54) is 5.56 Å². The molecule has 0 spiro atoms. The highest BCUT2D eigenvalue weighted by molar-refractivity contribution is 7.99. The first-order chi connectivity index (χ1) is 12.9. The maximum absolute atomic E-state index is 13.2. The molecular formula is C22H27NO3S. The molecule has 1 heterocycles. The zero-order chi connectivity index (χ0) is 19.6. The fourth-order valence-corrected chi connectivity index (χ4v) is 4.59. The zero-order valence-corrected chi connectivity index (χ0v) is 17.4. The molecule has 2 aromatic rings. The number of hydrogen-bond acceptors (Lipinski definition) is 4. The van der Waals surface area contributed by atoms with E-state index >= 15 is 0 Å². The van der Waals surface area contributed by atoms with Crippen molar-refractivity contribution in [3.05, 3.63) is 59.2 Å². The van der Waals surface area contributed by atoms with E-state index in [4.69, 9.17) is 9.47 Å². The minimum absolute atomic E-state index is 0.0512. The average Bonchev–Trinajstić information content (AvgIpc) is 3.15. The third kappa shape index (κ3) is 3.93. The normalized spacial score (nSPS) is 17.1. The summed E-state index contributed by atoms with van der Waals surface area (Å²) in [4.78, 5) is 15.1. The van der Waals surface area contributed by atoms with Crippen LogP contribution >= 0.6 is 11.8 Å². The van der Waals surface area contributed by atoms with Gasteiger partial charge in [-0.25, -0.2) is 0 Å². The van der Waals surface area contributed by atoms with Gasteiger partial charge in [0.1, 0.15) is 5.37 Å². The van der Waals surface area contributed by atoms with Gasteiger partial charge in [-0.1, -0.05) is 45.0 Å². The third-order valence-electron chi connectivity index (χ3n) is 4.85. The molecule has 1 saturated heterocycles. The lowest BCUT2D eigenvalue weighted by molar-refractivity contribution is 0.0759. The fraction of sp³-hybridized carbons (Fsp3) is 0.409. The number of thioether (sulfide) groups is 1. The Kier molecular flexibility index (Phi) is 5.70. The van der Waals surface area contributed by atoms with Crippen molar-refractivity contribution in [2.24, 2.45) is 0 Å². The maximum Gasteiger partial charge on any atom is 0.255 e. The molecule has 0 N–H and O–H groups in total. The molecule has 0 aliphatic carbocycles. The van der Waals surface area contributed by atoms with E-state index in [9.17, 15) is 4.79 Å². The number of ether oxygens (including phenoxy) is 2. The van der Waals surface area contributed by atoms with Crippen LogP contribution in [0, 0.1) is 0 Å². The number of benzene rings is 2. The average molecular weight is 386 g/mol. The van der Waals surface area contributed by atoms with Gasteiger partial charge in [-0.2, -0.15) is 0 Å². The molecule has 0 bridgehead atoms. The summed E-state index contributed by atoms with van der Waals surface area (Å²) >= 11 is 1.75. The lowest BCUT2D eigenvalue weighted by Crippen LogP contribution is -2.30. The molecular weight excluding hydrogens is 358 g/mol. The van der Waals surface area contributed by atoms with Gasteiger partial charge in [0.15, 0.2) is 11.5 Å². The van der Waals surface area contributed by atoms with Crippen LogP contribution in [0.2, 0.25) is 0 Å². The van der Waals surface area contributed by atoms with Gasteiger partial charge in [-0.3, -0.25) is 4.79 Å². The standard InChI is InChI=1S/C22H27NO3S/c1-22(2,3)16-11-9-15(10-12-16)20(24)23-13-14-27-21(23)17-7-6-8-18(25-4)19(17)26-5/h6-12,21H,13-14H2,1-5H3/t21-/m0/s1. The second kappa shape index (κ2) is 7.85. The van der Waals surface area contributed by atoms with Crippen LogP contribution in [0.3, 0.4) is 0 Å². The predicted molar refractivity (Wildman–Crippen MR) is 111 cm³/mol. The van der Waals surface area contributed by atoms with Crippen LogP contribution in [-0.2, 0) is 5.41 Å². The van der Waals surface area contributed by atoms with Gasteiger partial charge in [0, 0.05) is 23.4 Å². The zero-order valence-electron chi connectivity index (χ0n) is 16.6. The smallest absolute Gasteiger partial charge is 0.255 e. The molecule has 1 amide bonds. The number of hydrogen-bond donors (Lipinski definition) is 0. The monoisotopic (exact) mass is 385 g/mol. The SMILES string of the molecule is COc1cccc([C@@H]2SCCN2C(=O)c2ccc(C(C)(C)C)cc2)c1OC. The van der Waals surface area contributed by atoms with Crippen molar-refractivity contribution in [2.75, 3.05) is 26.5 Å². The molecule has 0 radical (unpaired) electrons.